The summed E-state index contributed by atoms with van der Waals surface area (Å²) >= 11 is 12.2. The third kappa shape index (κ3) is 2.43. The molecule has 0 saturated carbocycles. The topological polar surface area (TPSA) is 88.9 Å². The van der Waals surface area contributed by atoms with E-state index in [0.717, 1.165) is 12.1 Å². The van der Waals surface area contributed by atoms with Crippen LogP contribution in [0.3, 0.4) is 0 Å². The van der Waals surface area contributed by atoms with E-state index in [0.29, 0.717) is 10.9 Å². The maximum absolute atomic E-state index is 12.2. The molecular weight excluding hydrogens is 329 g/mol. The van der Waals surface area contributed by atoms with Gasteiger partial charge in [0.15, 0.2) is 0 Å². The maximum Gasteiger partial charge on any atom is 0.272 e. The molecule has 0 aliphatic heterocycles. The first-order valence-corrected chi connectivity index (χ1v) is 6.84. The van der Waals surface area contributed by atoms with Crippen molar-refractivity contribution in [3.8, 4) is 11.1 Å². The largest absolute Gasteiger partial charge is 0.321 e. The molecule has 3 rings (SSSR count). The standard InChI is InChI=1S/C14H7Cl2N3O3/c15-10-4-8(19(21)22)5-11(16)13(10)9-3-7-6-17-2-1-12(7)18-14(9)20/h1-6H,(H,18,20). The Kier molecular flexibility index (Phi) is 3.56. The monoisotopic (exact) mass is 335 g/mol. The fourth-order valence-electron chi connectivity index (χ4n) is 2.15. The number of nitrogens with zero attached hydrogens (tertiary/aromatic N) is 2. The molecule has 0 unspecified atom stereocenters. The van der Waals surface area contributed by atoms with Crippen LogP contribution in [0.2, 0.25) is 10.0 Å². The number of hydrogen-bond donors (Lipinski definition) is 1. The average molecular weight is 336 g/mol. The molecular formula is C14H7Cl2N3O3. The normalized spacial score (nSPS) is 10.8. The summed E-state index contributed by atoms with van der Waals surface area (Å²) in [4.78, 5) is 29.1. The van der Waals surface area contributed by atoms with Crippen molar-refractivity contribution in [1.29, 1.82) is 0 Å². The van der Waals surface area contributed by atoms with Gasteiger partial charge in [0, 0.05) is 35.5 Å². The molecule has 0 amide bonds. The highest BCUT2D eigenvalue weighted by molar-refractivity contribution is 6.39. The van der Waals surface area contributed by atoms with E-state index in [4.69, 9.17) is 23.2 Å². The van der Waals surface area contributed by atoms with Gasteiger partial charge in [0.05, 0.1) is 26.0 Å². The second-order valence-corrected chi connectivity index (χ2v) is 5.33. The summed E-state index contributed by atoms with van der Waals surface area (Å²) in [5.41, 5.74) is 0.471. The van der Waals surface area contributed by atoms with Crippen molar-refractivity contribution in [2.24, 2.45) is 0 Å². The zero-order chi connectivity index (χ0) is 15.9. The van der Waals surface area contributed by atoms with Crippen LogP contribution in [-0.4, -0.2) is 14.9 Å². The molecule has 1 N–H and O–H groups in total. The quantitative estimate of drug-likeness (QED) is 0.569. The lowest BCUT2D eigenvalue weighted by Gasteiger charge is -2.08. The van der Waals surface area contributed by atoms with Gasteiger partial charge in [-0.15, -0.1) is 0 Å². The molecule has 2 aromatic heterocycles. The summed E-state index contributed by atoms with van der Waals surface area (Å²) in [5, 5.41) is 11.6. The van der Waals surface area contributed by atoms with E-state index in [1.165, 1.54) is 0 Å². The van der Waals surface area contributed by atoms with Crippen LogP contribution in [-0.2, 0) is 0 Å². The third-order valence-corrected chi connectivity index (χ3v) is 3.75. The molecule has 0 bridgehead atoms. The molecule has 0 saturated heterocycles. The molecule has 110 valence electrons. The van der Waals surface area contributed by atoms with Crippen molar-refractivity contribution < 1.29 is 4.92 Å². The van der Waals surface area contributed by atoms with Gasteiger partial charge in [0.1, 0.15) is 0 Å². The summed E-state index contributed by atoms with van der Waals surface area (Å²) in [6.07, 6.45) is 3.14. The van der Waals surface area contributed by atoms with E-state index >= 15 is 0 Å². The molecule has 6 nitrogen and oxygen atoms in total. The Bertz CT molecular complexity index is 946. The van der Waals surface area contributed by atoms with Crippen LogP contribution in [0, 0.1) is 10.1 Å². The molecule has 0 aliphatic rings. The van der Waals surface area contributed by atoms with E-state index in [1.807, 2.05) is 0 Å². The number of pyridine rings is 2. The lowest BCUT2D eigenvalue weighted by molar-refractivity contribution is -0.384. The molecule has 0 aliphatic carbocycles. The number of nitrogens with one attached hydrogen (secondary N) is 1. The summed E-state index contributed by atoms with van der Waals surface area (Å²) in [6, 6.07) is 5.59. The zero-order valence-corrected chi connectivity index (χ0v) is 12.4. The lowest BCUT2D eigenvalue weighted by atomic mass is 10.0. The van der Waals surface area contributed by atoms with Gasteiger partial charge in [-0.1, -0.05) is 23.2 Å². The molecule has 8 heteroatoms. The number of nitro benzene ring substituents is 1. The van der Waals surface area contributed by atoms with Crippen molar-refractivity contribution in [2.45, 2.75) is 0 Å². The molecule has 3 aromatic rings. The summed E-state index contributed by atoms with van der Waals surface area (Å²) in [6.45, 7) is 0. The Labute approximate surface area is 133 Å². The van der Waals surface area contributed by atoms with E-state index < -0.39 is 10.5 Å². The number of hydrogen-bond acceptors (Lipinski definition) is 4. The van der Waals surface area contributed by atoms with Crippen LogP contribution in [0.5, 0.6) is 0 Å². The highest BCUT2D eigenvalue weighted by Crippen LogP contribution is 2.37. The van der Waals surface area contributed by atoms with E-state index in [9.17, 15) is 14.9 Å². The first-order valence-electron chi connectivity index (χ1n) is 6.08. The van der Waals surface area contributed by atoms with Gasteiger partial charge in [-0.3, -0.25) is 19.9 Å². The lowest BCUT2D eigenvalue weighted by Crippen LogP contribution is -2.09. The van der Waals surface area contributed by atoms with Gasteiger partial charge in [0.2, 0.25) is 0 Å². The van der Waals surface area contributed by atoms with Crippen LogP contribution < -0.4 is 5.56 Å². The second-order valence-electron chi connectivity index (χ2n) is 4.52. The summed E-state index contributed by atoms with van der Waals surface area (Å²) in [5.74, 6) is 0. The minimum Gasteiger partial charge on any atom is -0.321 e. The molecule has 2 heterocycles. The number of benzene rings is 1. The molecule has 0 fully saturated rings. The molecule has 1 aromatic carbocycles. The van der Waals surface area contributed by atoms with E-state index in [1.54, 1.807) is 24.5 Å². The van der Waals surface area contributed by atoms with Crippen LogP contribution >= 0.6 is 23.2 Å². The predicted molar refractivity (Wildman–Crippen MR) is 84.5 cm³/mol. The number of nitro groups is 1. The van der Waals surface area contributed by atoms with Gasteiger partial charge in [0.25, 0.3) is 11.2 Å². The highest BCUT2D eigenvalue weighted by atomic mass is 35.5. The Morgan fingerprint density at radius 2 is 1.86 bits per heavy atom. The van der Waals surface area contributed by atoms with Crippen molar-refractivity contribution in [1.82, 2.24) is 9.97 Å². The number of fused-ring (bicyclic) bond motifs is 1. The number of aromatic amines is 1. The van der Waals surface area contributed by atoms with Crippen molar-refractivity contribution in [3.63, 3.8) is 0 Å². The van der Waals surface area contributed by atoms with Crippen LogP contribution in [0.4, 0.5) is 5.69 Å². The van der Waals surface area contributed by atoms with Crippen molar-refractivity contribution in [2.75, 3.05) is 0 Å². The second kappa shape index (κ2) is 5.40. The summed E-state index contributed by atoms with van der Waals surface area (Å²) < 4.78 is 0. The first-order chi connectivity index (χ1) is 10.5. The van der Waals surface area contributed by atoms with Crippen molar-refractivity contribution in [3.05, 3.63) is 67.2 Å². The smallest absolute Gasteiger partial charge is 0.272 e. The average Bonchev–Trinajstić information content (AvgIpc) is 2.46. The van der Waals surface area contributed by atoms with Gasteiger partial charge in [-0.2, -0.15) is 0 Å². The first kappa shape index (κ1) is 14.5. The Morgan fingerprint density at radius 3 is 2.50 bits per heavy atom. The predicted octanol–water partition coefficient (Wildman–Crippen LogP) is 3.81. The Morgan fingerprint density at radius 1 is 1.18 bits per heavy atom. The van der Waals surface area contributed by atoms with Gasteiger partial charge in [-0.25, -0.2) is 0 Å². The van der Waals surface area contributed by atoms with E-state index in [2.05, 4.69) is 9.97 Å². The number of rotatable bonds is 2. The molecule has 22 heavy (non-hydrogen) atoms. The zero-order valence-electron chi connectivity index (χ0n) is 10.8. The molecule has 0 radical (unpaired) electrons. The minimum atomic E-state index is -0.601. The summed E-state index contributed by atoms with van der Waals surface area (Å²) in [7, 11) is 0. The van der Waals surface area contributed by atoms with Gasteiger partial charge in [-0.05, 0) is 12.1 Å². The SMILES string of the molecule is O=c1[nH]c2ccncc2cc1-c1c(Cl)cc([N+](=O)[O-])cc1Cl. The number of aromatic nitrogens is 2. The Hall–Kier alpha value is -2.44. The van der Waals surface area contributed by atoms with Crippen LogP contribution in [0.25, 0.3) is 22.0 Å². The Balaban J connectivity index is 2.30. The maximum atomic E-state index is 12.2. The van der Waals surface area contributed by atoms with Crippen LogP contribution in [0.1, 0.15) is 0 Å². The van der Waals surface area contributed by atoms with Gasteiger partial charge >= 0.3 is 0 Å². The molecule has 0 spiro atoms. The van der Waals surface area contributed by atoms with Crippen LogP contribution in [0.15, 0.2) is 41.5 Å². The minimum absolute atomic E-state index is 0.0351. The van der Waals surface area contributed by atoms with E-state index in [-0.39, 0.29) is 26.9 Å². The number of H-pyrrole nitrogens is 1. The highest BCUT2D eigenvalue weighted by Gasteiger charge is 2.18. The molecule has 0 atom stereocenters. The fraction of sp³-hybridized carbons (Fsp3) is 0. The van der Waals surface area contributed by atoms with Gasteiger partial charge < -0.3 is 4.98 Å². The number of non-ortho nitro benzene ring substituents is 1. The third-order valence-electron chi connectivity index (χ3n) is 3.15. The van der Waals surface area contributed by atoms with Crippen molar-refractivity contribution >= 4 is 39.8 Å². The fourth-order valence-corrected chi connectivity index (χ4v) is 2.83. The number of halogens is 2.